The van der Waals surface area contributed by atoms with E-state index in [4.69, 9.17) is 4.74 Å². The van der Waals surface area contributed by atoms with E-state index in [1.807, 2.05) is 31.2 Å². The molecule has 1 atom stereocenters. The Kier molecular flexibility index (Phi) is 5.02. The van der Waals surface area contributed by atoms with E-state index in [2.05, 4.69) is 4.90 Å². The van der Waals surface area contributed by atoms with E-state index in [-0.39, 0.29) is 0 Å². The molecule has 1 aromatic carbocycles. The van der Waals surface area contributed by atoms with Gasteiger partial charge in [0, 0.05) is 6.54 Å². The van der Waals surface area contributed by atoms with Crippen LogP contribution < -0.4 is 4.74 Å². The fourth-order valence-electron chi connectivity index (χ4n) is 2.39. The summed E-state index contributed by atoms with van der Waals surface area (Å²) < 4.78 is 5.61. The number of aryl methyl sites for hydroxylation is 1. The molecule has 1 heterocycles. The molecule has 3 heteroatoms. The maximum Gasteiger partial charge on any atom is 0.119 e. The maximum absolute atomic E-state index is 9.97. The van der Waals surface area contributed by atoms with Gasteiger partial charge in [0.15, 0.2) is 0 Å². The van der Waals surface area contributed by atoms with Crippen LogP contribution in [0.4, 0.5) is 0 Å². The van der Waals surface area contributed by atoms with Crippen LogP contribution in [0.25, 0.3) is 0 Å². The molecule has 18 heavy (non-hydrogen) atoms. The molecule has 1 N–H and O–H groups in total. The predicted molar refractivity (Wildman–Crippen MR) is 73.0 cm³/mol. The number of piperidine rings is 1. The van der Waals surface area contributed by atoms with Crippen molar-refractivity contribution < 1.29 is 9.84 Å². The Bertz CT molecular complexity index is 361. The van der Waals surface area contributed by atoms with E-state index in [1.165, 1.54) is 24.8 Å². The third kappa shape index (κ3) is 4.31. The molecule has 0 aliphatic carbocycles. The van der Waals surface area contributed by atoms with Gasteiger partial charge in [-0.05, 0) is 50.6 Å². The summed E-state index contributed by atoms with van der Waals surface area (Å²) in [5.41, 5.74) is 1.18. The number of aliphatic hydroxyl groups excluding tert-OH is 1. The number of benzene rings is 1. The van der Waals surface area contributed by atoms with Gasteiger partial charge in [-0.3, -0.25) is 0 Å². The van der Waals surface area contributed by atoms with Gasteiger partial charge in [-0.1, -0.05) is 18.6 Å². The van der Waals surface area contributed by atoms with E-state index in [0.717, 1.165) is 25.4 Å². The Morgan fingerprint density at radius 1 is 1.28 bits per heavy atom. The van der Waals surface area contributed by atoms with Gasteiger partial charge in [-0.25, -0.2) is 0 Å². The number of ether oxygens (including phenoxy) is 1. The zero-order chi connectivity index (χ0) is 12.8. The van der Waals surface area contributed by atoms with Gasteiger partial charge >= 0.3 is 0 Å². The van der Waals surface area contributed by atoms with E-state index >= 15 is 0 Å². The van der Waals surface area contributed by atoms with E-state index in [1.54, 1.807) is 0 Å². The molecule has 3 nitrogen and oxygen atoms in total. The van der Waals surface area contributed by atoms with Crippen LogP contribution in [0, 0.1) is 6.92 Å². The molecule has 0 bridgehead atoms. The lowest BCUT2D eigenvalue weighted by Gasteiger charge is -2.28. The van der Waals surface area contributed by atoms with Crippen molar-refractivity contribution >= 4 is 0 Å². The molecule has 1 fully saturated rings. The smallest absolute Gasteiger partial charge is 0.119 e. The fraction of sp³-hybridized carbons (Fsp3) is 0.600. The summed E-state index contributed by atoms with van der Waals surface area (Å²) in [4.78, 5) is 2.33. The molecule has 1 aliphatic rings. The molecular formula is C15H23NO2. The first-order valence-electron chi connectivity index (χ1n) is 6.84. The molecule has 1 aromatic rings. The number of likely N-dealkylation sites (tertiary alicyclic amines) is 1. The van der Waals surface area contributed by atoms with Gasteiger partial charge in [-0.2, -0.15) is 0 Å². The summed E-state index contributed by atoms with van der Waals surface area (Å²) >= 11 is 0. The zero-order valence-electron chi connectivity index (χ0n) is 11.1. The SMILES string of the molecule is Cc1cccc(OC[C@@H](O)CN2CCCCC2)c1. The number of aliphatic hydroxyl groups is 1. The van der Waals surface area contributed by atoms with Crippen LogP contribution in [0.15, 0.2) is 24.3 Å². The second-order valence-electron chi connectivity index (χ2n) is 5.14. The summed E-state index contributed by atoms with van der Waals surface area (Å²) in [5.74, 6) is 0.840. The van der Waals surface area contributed by atoms with E-state index in [0.29, 0.717) is 6.61 Å². The van der Waals surface area contributed by atoms with Gasteiger partial charge in [0.1, 0.15) is 18.5 Å². The topological polar surface area (TPSA) is 32.7 Å². The first kappa shape index (κ1) is 13.4. The minimum Gasteiger partial charge on any atom is -0.491 e. The molecular weight excluding hydrogens is 226 g/mol. The van der Waals surface area contributed by atoms with Gasteiger partial charge < -0.3 is 14.7 Å². The average molecular weight is 249 g/mol. The average Bonchev–Trinajstić information content (AvgIpc) is 2.38. The number of hydrogen-bond acceptors (Lipinski definition) is 3. The third-order valence-corrected chi connectivity index (χ3v) is 3.35. The Morgan fingerprint density at radius 2 is 2.06 bits per heavy atom. The lowest BCUT2D eigenvalue weighted by Crippen LogP contribution is -2.38. The minimum absolute atomic E-state index is 0.375. The molecule has 0 amide bonds. The first-order chi connectivity index (χ1) is 8.74. The fourth-order valence-corrected chi connectivity index (χ4v) is 2.39. The highest BCUT2D eigenvalue weighted by molar-refractivity contribution is 5.27. The predicted octanol–water partition coefficient (Wildman–Crippen LogP) is 2.22. The van der Waals surface area contributed by atoms with Crippen LogP contribution in [0.1, 0.15) is 24.8 Å². The lowest BCUT2D eigenvalue weighted by atomic mass is 10.1. The summed E-state index contributed by atoms with van der Waals surface area (Å²) in [5, 5.41) is 9.97. The second-order valence-corrected chi connectivity index (χ2v) is 5.14. The Morgan fingerprint density at radius 3 is 2.78 bits per heavy atom. The van der Waals surface area contributed by atoms with Crippen molar-refractivity contribution in [1.82, 2.24) is 4.90 Å². The van der Waals surface area contributed by atoms with Crippen molar-refractivity contribution in [1.29, 1.82) is 0 Å². The quantitative estimate of drug-likeness (QED) is 0.868. The Labute approximate surface area is 109 Å². The van der Waals surface area contributed by atoms with Crippen LogP contribution in [0.3, 0.4) is 0 Å². The van der Waals surface area contributed by atoms with Crippen molar-refractivity contribution in [3.8, 4) is 5.75 Å². The second kappa shape index (κ2) is 6.76. The highest BCUT2D eigenvalue weighted by Gasteiger charge is 2.14. The third-order valence-electron chi connectivity index (χ3n) is 3.35. The molecule has 0 spiro atoms. The number of rotatable bonds is 5. The summed E-state index contributed by atoms with van der Waals surface area (Å²) in [7, 11) is 0. The monoisotopic (exact) mass is 249 g/mol. The summed E-state index contributed by atoms with van der Waals surface area (Å²) in [6.07, 6.45) is 3.44. The first-order valence-corrected chi connectivity index (χ1v) is 6.84. The largest absolute Gasteiger partial charge is 0.491 e. The molecule has 2 rings (SSSR count). The Hall–Kier alpha value is -1.06. The molecule has 1 saturated heterocycles. The molecule has 0 saturated carbocycles. The standard InChI is InChI=1S/C15H23NO2/c1-13-6-5-7-15(10-13)18-12-14(17)11-16-8-3-2-4-9-16/h5-7,10,14,17H,2-4,8-9,11-12H2,1H3/t14-/m0/s1. The van der Waals surface area contributed by atoms with Gasteiger partial charge in [0.2, 0.25) is 0 Å². The van der Waals surface area contributed by atoms with Crippen LogP contribution in [-0.2, 0) is 0 Å². The van der Waals surface area contributed by atoms with E-state index in [9.17, 15) is 5.11 Å². The normalized spacial score (nSPS) is 18.6. The molecule has 0 aromatic heterocycles. The lowest BCUT2D eigenvalue weighted by molar-refractivity contribution is 0.0617. The maximum atomic E-state index is 9.97. The number of hydrogen-bond donors (Lipinski definition) is 1. The van der Waals surface area contributed by atoms with Crippen LogP contribution in [0.2, 0.25) is 0 Å². The van der Waals surface area contributed by atoms with Gasteiger partial charge in [0.25, 0.3) is 0 Å². The summed E-state index contributed by atoms with van der Waals surface area (Å²) in [6, 6.07) is 7.94. The highest BCUT2D eigenvalue weighted by Crippen LogP contribution is 2.13. The van der Waals surface area contributed by atoms with Crippen molar-refractivity contribution in [2.75, 3.05) is 26.2 Å². The van der Waals surface area contributed by atoms with Gasteiger partial charge in [0.05, 0.1) is 0 Å². The number of β-amino-alcohol motifs (C(OH)–C–C–N with tert-alkyl or cyclic N) is 1. The van der Waals surface area contributed by atoms with Crippen molar-refractivity contribution in [2.24, 2.45) is 0 Å². The molecule has 1 aliphatic heterocycles. The highest BCUT2D eigenvalue weighted by atomic mass is 16.5. The molecule has 0 radical (unpaired) electrons. The van der Waals surface area contributed by atoms with Crippen molar-refractivity contribution in [3.05, 3.63) is 29.8 Å². The van der Waals surface area contributed by atoms with Gasteiger partial charge in [-0.15, -0.1) is 0 Å². The van der Waals surface area contributed by atoms with E-state index < -0.39 is 6.10 Å². The zero-order valence-corrected chi connectivity index (χ0v) is 11.1. The van der Waals surface area contributed by atoms with Crippen LogP contribution >= 0.6 is 0 Å². The summed E-state index contributed by atoms with van der Waals surface area (Å²) in [6.45, 7) is 5.37. The van der Waals surface area contributed by atoms with Crippen LogP contribution in [-0.4, -0.2) is 42.4 Å². The van der Waals surface area contributed by atoms with Crippen molar-refractivity contribution in [2.45, 2.75) is 32.3 Å². The molecule has 0 unspecified atom stereocenters. The van der Waals surface area contributed by atoms with Crippen molar-refractivity contribution in [3.63, 3.8) is 0 Å². The number of nitrogens with zero attached hydrogens (tertiary/aromatic N) is 1. The molecule has 100 valence electrons. The van der Waals surface area contributed by atoms with Crippen LogP contribution in [0.5, 0.6) is 5.75 Å². The Balaban J connectivity index is 1.72. The minimum atomic E-state index is -0.399.